The van der Waals surface area contributed by atoms with Crippen LogP contribution in [0.5, 0.6) is 0 Å². The highest BCUT2D eigenvalue weighted by Crippen LogP contribution is 2.18. The van der Waals surface area contributed by atoms with E-state index in [4.69, 9.17) is 0 Å². The third kappa shape index (κ3) is 4.16. The van der Waals surface area contributed by atoms with Crippen LogP contribution in [-0.4, -0.2) is 39.8 Å². The molecular weight excluding hydrogens is 284 g/mol. The number of aromatic nitrogens is 2. The zero-order chi connectivity index (χ0) is 16.1. The molecule has 7 nitrogen and oxygen atoms in total. The Kier molecular flexibility index (Phi) is 5.30. The van der Waals surface area contributed by atoms with E-state index in [-0.39, 0.29) is 29.8 Å². The number of carbonyl (C=O) groups is 2. The average molecular weight is 306 g/mol. The van der Waals surface area contributed by atoms with Gasteiger partial charge in [-0.25, -0.2) is 4.98 Å². The van der Waals surface area contributed by atoms with Crippen molar-refractivity contribution in [3.05, 3.63) is 27.9 Å². The van der Waals surface area contributed by atoms with E-state index in [1.165, 1.54) is 6.07 Å². The number of aryl methyl sites for hydroxylation is 1. The molecule has 7 heteroatoms. The highest BCUT2D eigenvalue weighted by molar-refractivity contribution is 5.83. The molecule has 0 radical (unpaired) electrons. The topological polar surface area (TPSA) is 95.2 Å². The maximum atomic E-state index is 12.2. The van der Waals surface area contributed by atoms with Gasteiger partial charge in [0.2, 0.25) is 11.8 Å². The lowest BCUT2D eigenvalue weighted by molar-refractivity contribution is -0.138. The van der Waals surface area contributed by atoms with Gasteiger partial charge < -0.3 is 15.2 Å². The van der Waals surface area contributed by atoms with Crippen molar-refractivity contribution in [3.8, 4) is 0 Å². The minimum absolute atomic E-state index is 0.0993. The summed E-state index contributed by atoms with van der Waals surface area (Å²) >= 11 is 0. The summed E-state index contributed by atoms with van der Waals surface area (Å²) in [6, 6.07) is 1.40. The lowest BCUT2D eigenvalue weighted by Gasteiger charge is -2.31. The number of nitrogens with zero attached hydrogens (tertiary/aromatic N) is 2. The van der Waals surface area contributed by atoms with Crippen LogP contribution in [0.3, 0.4) is 0 Å². The molecule has 1 aromatic rings. The van der Waals surface area contributed by atoms with E-state index in [0.717, 1.165) is 6.42 Å². The van der Waals surface area contributed by atoms with E-state index in [0.29, 0.717) is 37.4 Å². The standard InChI is InChI=1S/C15H22N4O3/c1-3-6-19-9-11(4-5-14(19)21)15(22)16-8-12-17-10(2)7-13(20)18-12/h7,11H,3-6,8-9H2,1-2H3,(H,16,22)(H,17,18,20)/t11-/m1/s1. The molecule has 1 aromatic heterocycles. The molecule has 120 valence electrons. The first-order valence-electron chi connectivity index (χ1n) is 7.62. The van der Waals surface area contributed by atoms with Crippen molar-refractivity contribution in [3.63, 3.8) is 0 Å². The van der Waals surface area contributed by atoms with E-state index in [1.54, 1.807) is 11.8 Å². The van der Waals surface area contributed by atoms with Gasteiger partial charge in [-0.05, 0) is 19.8 Å². The largest absolute Gasteiger partial charge is 0.349 e. The Morgan fingerprint density at radius 3 is 2.95 bits per heavy atom. The van der Waals surface area contributed by atoms with Crippen molar-refractivity contribution in [2.24, 2.45) is 5.92 Å². The summed E-state index contributed by atoms with van der Waals surface area (Å²) < 4.78 is 0. The highest BCUT2D eigenvalue weighted by atomic mass is 16.2. The summed E-state index contributed by atoms with van der Waals surface area (Å²) in [5.74, 6) is 0.268. The number of nitrogens with one attached hydrogen (secondary N) is 2. The SMILES string of the molecule is CCCN1C[C@H](C(=O)NCc2nc(C)cc(=O)[nH]2)CCC1=O. The van der Waals surface area contributed by atoms with Gasteiger partial charge >= 0.3 is 0 Å². The van der Waals surface area contributed by atoms with Crippen molar-refractivity contribution in [1.82, 2.24) is 20.2 Å². The molecule has 1 saturated heterocycles. The van der Waals surface area contributed by atoms with Crippen molar-refractivity contribution < 1.29 is 9.59 Å². The minimum Gasteiger partial charge on any atom is -0.349 e. The van der Waals surface area contributed by atoms with Crippen LogP contribution in [0.15, 0.2) is 10.9 Å². The quantitative estimate of drug-likeness (QED) is 0.820. The third-order valence-corrected chi connectivity index (χ3v) is 3.71. The molecule has 22 heavy (non-hydrogen) atoms. The van der Waals surface area contributed by atoms with Gasteiger partial charge in [-0.2, -0.15) is 0 Å². The molecule has 2 heterocycles. The summed E-state index contributed by atoms with van der Waals surface area (Å²) in [4.78, 5) is 43.9. The zero-order valence-electron chi connectivity index (χ0n) is 13.0. The lowest BCUT2D eigenvalue weighted by atomic mass is 9.96. The molecule has 0 bridgehead atoms. The molecule has 0 spiro atoms. The van der Waals surface area contributed by atoms with E-state index in [2.05, 4.69) is 15.3 Å². The lowest BCUT2D eigenvalue weighted by Crippen LogP contribution is -2.46. The van der Waals surface area contributed by atoms with Crippen LogP contribution in [0, 0.1) is 12.8 Å². The van der Waals surface area contributed by atoms with E-state index in [1.807, 2.05) is 6.92 Å². The van der Waals surface area contributed by atoms with Gasteiger partial charge in [-0.15, -0.1) is 0 Å². The summed E-state index contributed by atoms with van der Waals surface area (Å²) in [7, 11) is 0. The Morgan fingerprint density at radius 1 is 1.50 bits per heavy atom. The first-order chi connectivity index (χ1) is 10.5. The number of piperidine rings is 1. The second-order valence-corrected chi connectivity index (χ2v) is 5.63. The van der Waals surface area contributed by atoms with Crippen LogP contribution in [-0.2, 0) is 16.1 Å². The van der Waals surface area contributed by atoms with E-state index < -0.39 is 0 Å². The smallest absolute Gasteiger partial charge is 0.251 e. The van der Waals surface area contributed by atoms with Crippen molar-refractivity contribution in [1.29, 1.82) is 0 Å². The monoisotopic (exact) mass is 306 g/mol. The molecule has 0 aromatic carbocycles. The van der Waals surface area contributed by atoms with Gasteiger partial charge in [0.1, 0.15) is 5.82 Å². The Labute approximate surface area is 129 Å². The molecule has 0 aliphatic carbocycles. The maximum absolute atomic E-state index is 12.2. The molecule has 1 fully saturated rings. The number of H-pyrrole nitrogens is 1. The number of hydrogen-bond donors (Lipinski definition) is 2. The molecule has 1 aliphatic heterocycles. The van der Waals surface area contributed by atoms with Crippen LogP contribution in [0.25, 0.3) is 0 Å². The van der Waals surface area contributed by atoms with Crippen LogP contribution in [0.4, 0.5) is 0 Å². The molecular formula is C15H22N4O3. The van der Waals surface area contributed by atoms with Crippen LogP contribution >= 0.6 is 0 Å². The van der Waals surface area contributed by atoms with Crippen molar-refractivity contribution in [2.75, 3.05) is 13.1 Å². The predicted octanol–water partition coefficient (Wildman–Crippen LogP) is 0.343. The molecule has 2 amide bonds. The Bertz CT molecular complexity index is 611. The van der Waals surface area contributed by atoms with Gasteiger partial charge in [0, 0.05) is 31.3 Å². The fraction of sp³-hybridized carbons (Fsp3) is 0.600. The molecule has 1 atom stereocenters. The number of rotatable bonds is 5. The Balaban J connectivity index is 1.91. The van der Waals surface area contributed by atoms with Crippen molar-refractivity contribution >= 4 is 11.8 Å². The second-order valence-electron chi connectivity index (χ2n) is 5.63. The fourth-order valence-corrected chi connectivity index (χ4v) is 2.65. The normalized spacial score (nSPS) is 18.4. The van der Waals surface area contributed by atoms with Gasteiger partial charge in [-0.3, -0.25) is 14.4 Å². The van der Waals surface area contributed by atoms with Gasteiger partial charge in [-0.1, -0.05) is 6.92 Å². The summed E-state index contributed by atoms with van der Waals surface area (Å²) in [6.45, 7) is 5.09. The number of aromatic amines is 1. The molecule has 0 unspecified atom stereocenters. The first-order valence-corrected chi connectivity index (χ1v) is 7.62. The predicted molar refractivity (Wildman–Crippen MR) is 81.0 cm³/mol. The molecule has 0 saturated carbocycles. The summed E-state index contributed by atoms with van der Waals surface area (Å²) in [5.41, 5.74) is 0.388. The molecule has 2 rings (SSSR count). The zero-order valence-corrected chi connectivity index (χ0v) is 13.0. The summed E-state index contributed by atoms with van der Waals surface area (Å²) in [5, 5.41) is 2.79. The van der Waals surface area contributed by atoms with Gasteiger partial charge in [0.05, 0.1) is 12.5 Å². The van der Waals surface area contributed by atoms with Crippen LogP contribution < -0.4 is 10.9 Å². The second kappa shape index (κ2) is 7.20. The molecule has 1 aliphatic rings. The van der Waals surface area contributed by atoms with Gasteiger partial charge in [0.15, 0.2) is 0 Å². The first kappa shape index (κ1) is 16.2. The number of likely N-dealkylation sites (tertiary alicyclic amines) is 1. The number of amides is 2. The van der Waals surface area contributed by atoms with E-state index >= 15 is 0 Å². The summed E-state index contributed by atoms with van der Waals surface area (Å²) in [6.07, 6.45) is 1.87. The number of carbonyl (C=O) groups excluding carboxylic acids is 2. The van der Waals surface area contributed by atoms with Crippen molar-refractivity contribution in [2.45, 2.75) is 39.7 Å². The van der Waals surface area contributed by atoms with Crippen LogP contribution in [0.1, 0.15) is 37.7 Å². The van der Waals surface area contributed by atoms with E-state index in [9.17, 15) is 14.4 Å². The van der Waals surface area contributed by atoms with Gasteiger partial charge in [0.25, 0.3) is 5.56 Å². The highest BCUT2D eigenvalue weighted by Gasteiger charge is 2.29. The Morgan fingerprint density at radius 2 is 2.27 bits per heavy atom. The number of hydrogen-bond acceptors (Lipinski definition) is 4. The fourth-order valence-electron chi connectivity index (χ4n) is 2.65. The maximum Gasteiger partial charge on any atom is 0.251 e. The minimum atomic E-state index is -0.228. The van der Waals surface area contributed by atoms with Crippen LogP contribution in [0.2, 0.25) is 0 Å². The Hall–Kier alpha value is -2.18. The third-order valence-electron chi connectivity index (χ3n) is 3.71. The average Bonchev–Trinajstić information content (AvgIpc) is 2.46. The molecule has 2 N–H and O–H groups in total.